The zero-order chi connectivity index (χ0) is 16.9. The van der Waals surface area contributed by atoms with Gasteiger partial charge in [0.15, 0.2) is 0 Å². The molecule has 0 fully saturated rings. The molecule has 24 heavy (non-hydrogen) atoms. The van der Waals surface area contributed by atoms with Crippen LogP contribution in [-0.2, 0) is 13.0 Å². The smallest absolute Gasteiger partial charge is 0.210 e. The second-order valence-corrected chi connectivity index (χ2v) is 6.03. The van der Waals surface area contributed by atoms with Crippen molar-refractivity contribution in [2.75, 3.05) is 0 Å². The van der Waals surface area contributed by atoms with Crippen LogP contribution in [-0.4, -0.2) is 14.7 Å². The molecule has 3 rings (SSSR count). The van der Waals surface area contributed by atoms with Crippen LogP contribution in [0.5, 0.6) is 0 Å². The first-order chi connectivity index (χ1) is 11.7. The summed E-state index contributed by atoms with van der Waals surface area (Å²) in [5.41, 5.74) is 3.14. The van der Waals surface area contributed by atoms with Gasteiger partial charge in [0.1, 0.15) is 11.5 Å². The molecule has 0 saturated heterocycles. The quantitative estimate of drug-likeness (QED) is 0.683. The molecular formula is C20H21N3O. The number of rotatable bonds is 4. The first-order valence-corrected chi connectivity index (χ1v) is 8.23. The summed E-state index contributed by atoms with van der Waals surface area (Å²) >= 11 is 0. The first kappa shape index (κ1) is 16.1. The number of benzene rings is 1. The van der Waals surface area contributed by atoms with Crippen LogP contribution in [0.25, 0.3) is 0 Å². The lowest BCUT2D eigenvalue weighted by atomic mass is 10.0. The van der Waals surface area contributed by atoms with E-state index in [1.54, 1.807) is 6.20 Å². The van der Waals surface area contributed by atoms with Gasteiger partial charge in [-0.25, -0.2) is 4.98 Å². The van der Waals surface area contributed by atoms with Crippen LogP contribution in [0.1, 0.15) is 55.1 Å². The van der Waals surface area contributed by atoms with Crippen LogP contribution >= 0.6 is 0 Å². The molecular weight excluding hydrogens is 298 g/mol. The van der Waals surface area contributed by atoms with Crippen molar-refractivity contribution < 1.29 is 4.52 Å². The lowest BCUT2D eigenvalue weighted by Gasteiger charge is -2.03. The van der Waals surface area contributed by atoms with Crippen molar-refractivity contribution in [3.05, 3.63) is 71.1 Å². The molecule has 3 aromatic rings. The summed E-state index contributed by atoms with van der Waals surface area (Å²) in [6.45, 7) is 7.10. The molecule has 0 saturated carbocycles. The maximum absolute atomic E-state index is 5.31. The minimum atomic E-state index is 0.528. The van der Waals surface area contributed by atoms with Crippen LogP contribution in [0.3, 0.4) is 0 Å². The van der Waals surface area contributed by atoms with Crippen molar-refractivity contribution >= 4 is 0 Å². The van der Waals surface area contributed by atoms with Gasteiger partial charge in [0.05, 0.1) is 6.54 Å². The van der Waals surface area contributed by atoms with E-state index >= 15 is 0 Å². The Balaban J connectivity index is 1.70. The van der Waals surface area contributed by atoms with Crippen molar-refractivity contribution in [1.82, 2.24) is 14.7 Å². The summed E-state index contributed by atoms with van der Waals surface area (Å²) in [4.78, 5) is 4.31. The predicted molar refractivity (Wildman–Crippen MR) is 93.7 cm³/mol. The molecule has 0 unspecified atom stereocenters. The van der Waals surface area contributed by atoms with Crippen LogP contribution in [0.4, 0.5) is 0 Å². The molecule has 2 heterocycles. The monoisotopic (exact) mass is 319 g/mol. The van der Waals surface area contributed by atoms with Gasteiger partial charge in [-0.2, -0.15) is 0 Å². The van der Waals surface area contributed by atoms with E-state index in [1.807, 2.05) is 24.4 Å². The van der Waals surface area contributed by atoms with Gasteiger partial charge in [0.25, 0.3) is 0 Å². The number of nitrogens with zero attached hydrogens (tertiary/aromatic N) is 3. The molecule has 0 aliphatic rings. The molecule has 4 heteroatoms. The van der Waals surface area contributed by atoms with Gasteiger partial charge in [0.2, 0.25) is 5.76 Å². The first-order valence-electron chi connectivity index (χ1n) is 8.23. The van der Waals surface area contributed by atoms with Gasteiger partial charge >= 0.3 is 0 Å². The Bertz CT molecular complexity index is 860. The maximum Gasteiger partial charge on any atom is 0.210 e. The van der Waals surface area contributed by atoms with E-state index in [2.05, 4.69) is 59.5 Å². The summed E-state index contributed by atoms with van der Waals surface area (Å²) in [7, 11) is 0. The second-order valence-electron chi connectivity index (χ2n) is 6.03. The van der Waals surface area contributed by atoms with Gasteiger partial charge in [-0.1, -0.05) is 44.0 Å². The van der Waals surface area contributed by atoms with E-state index in [0.717, 1.165) is 23.5 Å². The largest absolute Gasteiger partial charge is 0.347 e. The minimum Gasteiger partial charge on any atom is -0.347 e. The Morgan fingerprint density at radius 2 is 1.96 bits per heavy atom. The van der Waals surface area contributed by atoms with Crippen molar-refractivity contribution in [2.45, 2.75) is 39.7 Å². The van der Waals surface area contributed by atoms with E-state index < -0.39 is 0 Å². The number of aromatic nitrogens is 3. The highest BCUT2D eigenvalue weighted by atomic mass is 16.5. The third-order valence-corrected chi connectivity index (χ3v) is 3.92. The molecule has 0 aliphatic heterocycles. The molecule has 0 aliphatic carbocycles. The van der Waals surface area contributed by atoms with E-state index in [1.165, 1.54) is 5.56 Å². The van der Waals surface area contributed by atoms with Crippen molar-refractivity contribution in [2.24, 2.45) is 0 Å². The van der Waals surface area contributed by atoms with E-state index in [-0.39, 0.29) is 0 Å². The fourth-order valence-electron chi connectivity index (χ4n) is 2.50. The average molecular weight is 319 g/mol. The van der Waals surface area contributed by atoms with Gasteiger partial charge in [-0.15, -0.1) is 0 Å². The lowest BCUT2D eigenvalue weighted by Crippen LogP contribution is -2.03. The SMILES string of the molecule is CCc1nccn1Cc1cc(C#Cc2ccc(C(C)C)cc2)on1. The lowest BCUT2D eigenvalue weighted by molar-refractivity contribution is 0.401. The standard InChI is InChI=1S/C20H21N3O/c1-4-20-21-11-12-23(20)14-18-13-19(24-22-18)10-7-16-5-8-17(9-6-16)15(2)3/h5-6,8-9,11-13,15H,4,14H2,1-3H3. The summed E-state index contributed by atoms with van der Waals surface area (Å²) in [5, 5.41) is 4.09. The number of hydrogen-bond donors (Lipinski definition) is 0. The molecule has 122 valence electrons. The molecule has 0 bridgehead atoms. The molecule has 1 aromatic carbocycles. The van der Waals surface area contributed by atoms with Crippen LogP contribution in [0.15, 0.2) is 47.2 Å². The Kier molecular flexibility index (Phi) is 4.81. The molecule has 0 atom stereocenters. The number of hydrogen-bond acceptors (Lipinski definition) is 3. The number of imidazole rings is 1. The van der Waals surface area contributed by atoms with E-state index in [4.69, 9.17) is 4.52 Å². The topological polar surface area (TPSA) is 43.9 Å². The van der Waals surface area contributed by atoms with Gasteiger partial charge in [0, 0.05) is 30.4 Å². The fourth-order valence-corrected chi connectivity index (χ4v) is 2.50. The van der Waals surface area contributed by atoms with Gasteiger partial charge in [-0.3, -0.25) is 0 Å². The number of aryl methyl sites for hydroxylation is 1. The van der Waals surface area contributed by atoms with Gasteiger partial charge < -0.3 is 9.09 Å². The third-order valence-electron chi connectivity index (χ3n) is 3.92. The Morgan fingerprint density at radius 1 is 1.17 bits per heavy atom. The van der Waals surface area contributed by atoms with Crippen LogP contribution in [0.2, 0.25) is 0 Å². The van der Waals surface area contributed by atoms with E-state index in [0.29, 0.717) is 18.2 Å². The van der Waals surface area contributed by atoms with Crippen LogP contribution in [0, 0.1) is 11.8 Å². The molecule has 0 N–H and O–H groups in total. The summed E-state index contributed by atoms with van der Waals surface area (Å²) in [6.07, 6.45) is 4.65. The van der Waals surface area contributed by atoms with Crippen molar-refractivity contribution in [3.63, 3.8) is 0 Å². The highest BCUT2D eigenvalue weighted by Crippen LogP contribution is 2.14. The molecule has 0 spiro atoms. The zero-order valence-corrected chi connectivity index (χ0v) is 14.3. The summed E-state index contributed by atoms with van der Waals surface area (Å²) in [6, 6.07) is 10.2. The highest BCUT2D eigenvalue weighted by Gasteiger charge is 2.06. The minimum absolute atomic E-state index is 0.528. The van der Waals surface area contributed by atoms with E-state index in [9.17, 15) is 0 Å². The van der Waals surface area contributed by atoms with Gasteiger partial charge in [-0.05, 0) is 29.5 Å². The normalized spacial score (nSPS) is 10.7. The van der Waals surface area contributed by atoms with Crippen molar-refractivity contribution in [1.29, 1.82) is 0 Å². The van der Waals surface area contributed by atoms with Crippen LogP contribution < -0.4 is 0 Å². The molecule has 4 nitrogen and oxygen atoms in total. The zero-order valence-electron chi connectivity index (χ0n) is 14.3. The third kappa shape index (κ3) is 3.75. The molecule has 2 aromatic heterocycles. The Labute approximate surface area is 142 Å². The second kappa shape index (κ2) is 7.18. The molecule has 0 radical (unpaired) electrons. The average Bonchev–Trinajstić information content (AvgIpc) is 3.22. The molecule has 0 amide bonds. The van der Waals surface area contributed by atoms with Crippen molar-refractivity contribution in [3.8, 4) is 11.8 Å². The Morgan fingerprint density at radius 3 is 2.67 bits per heavy atom. The predicted octanol–water partition coefficient (Wildman–Crippen LogP) is 4.01. The summed E-state index contributed by atoms with van der Waals surface area (Å²) < 4.78 is 7.38. The maximum atomic E-state index is 5.31. The summed E-state index contributed by atoms with van der Waals surface area (Å²) in [5.74, 6) is 8.30. The Hall–Kier alpha value is -2.80. The highest BCUT2D eigenvalue weighted by molar-refractivity contribution is 5.40. The fraction of sp³-hybridized carbons (Fsp3) is 0.300.